The number of benzene rings is 2. The van der Waals surface area contributed by atoms with E-state index in [1.165, 1.54) is 18.2 Å². The molecule has 0 spiro atoms. The predicted octanol–water partition coefficient (Wildman–Crippen LogP) is 3.19. The number of nitrogens with zero attached hydrogens (tertiary/aromatic N) is 1. The molecule has 0 radical (unpaired) electrons. The van der Waals surface area contributed by atoms with E-state index >= 15 is 0 Å². The molecule has 3 rings (SSSR count). The molecule has 0 unspecified atom stereocenters. The molecule has 1 aliphatic heterocycles. The maximum absolute atomic E-state index is 13.3. The Hall–Kier alpha value is -2.69. The van der Waals surface area contributed by atoms with Crippen molar-refractivity contribution in [1.29, 1.82) is 0 Å². The van der Waals surface area contributed by atoms with Crippen molar-refractivity contribution >= 4 is 23.2 Å². The van der Waals surface area contributed by atoms with Crippen molar-refractivity contribution in [1.82, 2.24) is 0 Å². The maximum atomic E-state index is 13.3. The van der Waals surface area contributed by atoms with Crippen LogP contribution in [-0.4, -0.2) is 17.9 Å². The third-order valence-corrected chi connectivity index (χ3v) is 4.06. The normalized spacial score (nSPS) is 17.7. The molecule has 4 nitrogen and oxygen atoms in total. The molecular formula is C18H17FN2O2. The van der Waals surface area contributed by atoms with Crippen LogP contribution in [0, 0.1) is 19.7 Å². The number of anilines is 2. The summed E-state index contributed by atoms with van der Waals surface area (Å²) in [5, 5.41) is 3.10. The van der Waals surface area contributed by atoms with Crippen LogP contribution in [0.25, 0.3) is 0 Å². The smallest absolute Gasteiger partial charge is 0.256 e. The van der Waals surface area contributed by atoms with E-state index in [0.717, 1.165) is 21.7 Å². The highest BCUT2D eigenvalue weighted by Crippen LogP contribution is 2.26. The van der Waals surface area contributed by atoms with Crippen LogP contribution >= 0.6 is 0 Å². The molecule has 0 aliphatic carbocycles. The van der Waals surface area contributed by atoms with E-state index in [0.29, 0.717) is 0 Å². The molecule has 5 heteroatoms. The second kappa shape index (κ2) is 5.83. The van der Waals surface area contributed by atoms with Gasteiger partial charge in [0.15, 0.2) is 0 Å². The Labute approximate surface area is 133 Å². The summed E-state index contributed by atoms with van der Waals surface area (Å²) in [6, 6.07) is 10.7. The van der Waals surface area contributed by atoms with E-state index in [4.69, 9.17) is 0 Å². The summed E-state index contributed by atoms with van der Waals surface area (Å²) in [7, 11) is 0. The Bertz CT molecular complexity index is 788. The van der Waals surface area contributed by atoms with Crippen molar-refractivity contribution in [3.63, 3.8) is 0 Å². The standard InChI is InChI=1S/C18H17FN2O2/c1-11-6-7-14(8-12(11)2)20-16-10-17(22)21(18(16)23)15-5-3-4-13(19)9-15/h3-9,16,20H,10H2,1-2H3/t16-/m1/s1. The fraction of sp³-hybridized carbons (Fsp3) is 0.222. The summed E-state index contributed by atoms with van der Waals surface area (Å²) in [5.41, 5.74) is 3.32. The molecule has 0 aromatic heterocycles. The van der Waals surface area contributed by atoms with Crippen molar-refractivity contribution in [2.75, 3.05) is 10.2 Å². The summed E-state index contributed by atoms with van der Waals surface area (Å²) in [5.74, 6) is -1.17. The van der Waals surface area contributed by atoms with Gasteiger partial charge in [-0.05, 0) is 55.3 Å². The highest BCUT2D eigenvalue weighted by molar-refractivity contribution is 6.23. The molecule has 1 aliphatic rings. The van der Waals surface area contributed by atoms with Crippen LogP contribution in [0.2, 0.25) is 0 Å². The number of imide groups is 1. The molecule has 1 fully saturated rings. The van der Waals surface area contributed by atoms with Gasteiger partial charge < -0.3 is 5.32 Å². The van der Waals surface area contributed by atoms with Gasteiger partial charge in [0.05, 0.1) is 12.1 Å². The number of nitrogens with one attached hydrogen (secondary N) is 1. The van der Waals surface area contributed by atoms with Crippen LogP contribution in [0.3, 0.4) is 0 Å². The first-order valence-electron chi connectivity index (χ1n) is 7.42. The number of halogens is 1. The Kier molecular flexibility index (Phi) is 3.86. The zero-order valence-corrected chi connectivity index (χ0v) is 13.0. The molecule has 1 N–H and O–H groups in total. The lowest BCUT2D eigenvalue weighted by atomic mass is 10.1. The second-order valence-electron chi connectivity index (χ2n) is 5.75. The Morgan fingerprint density at radius 3 is 2.57 bits per heavy atom. The number of aryl methyl sites for hydroxylation is 2. The van der Waals surface area contributed by atoms with Gasteiger partial charge in [0.1, 0.15) is 11.9 Å². The first-order chi connectivity index (χ1) is 11.0. The summed E-state index contributed by atoms with van der Waals surface area (Å²) in [4.78, 5) is 25.7. The summed E-state index contributed by atoms with van der Waals surface area (Å²) in [6.07, 6.45) is 0.0578. The monoisotopic (exact) mass is 312 g/mol. The molecule has 0 saturated carbocycles. The van der Waals surface area contributed by atoms with Crippen LogP contribution < -0.4 is 10.2 Å². The highest BCUT2D eigenvalue weighted by atomic mass is 19.1. The molecule has 2 aromatic carbocycles. The van der Waals surface area contributed by atoms with E-state index in [1.54, 1.807) is 6.07 Å². The average molecular weight is 312 g/mol. The van der Waals surface area contributed by atoms with Gasteiger partial charge in [-0.1, -0.05) is 12.1 Å². The van der Waals surface area contributed by atoms with E-state index in [1.807, 2.05) is 32.0 Å². The topological polar surface area (TPSA) is 49.4 Å². The minimum atomic E-state index is -0.632. The summed E-state index contributed by atoms with van der Waals surface area (Å²) in [6.45, 7) is 4.00. The molecule has 23 heavy (non-hydrogen) atoms. The molecule has 2 aromatic rings. The Balaban J connectivity index is 1.82. The van der Waals surface area contributed by atoms with Gasteiger partial charge in [0.25, 0.3) is 5.91 Å². The molecule has 0 bridgehead atoms. The molecular weight excluding hydrogens is 295 g/mol. The third kappa shape index (κ3) is 2.95. The van der Waals surface area contributed by atoms with E-state index in [-0.39, 0.29) is 23.9 Å². The fourth-order valence-electron chi connectivity index (χ4n) is 2.66. The van der Waals surface area contributed by atoms with Crippen LogP contribution in [0.4, 0.5) is 15.8 Å². The van der Waals surface area contributed by atoms with Crippen LogP contribution in [0.1, 0.15) is 17.5 Å². The molecule has 2 amide bonds. The van der Waals surface area contributed by atoms with Crippen molar-refractivity contribution in [3.05, 3.63) is 59.4 Å². The lowest BCUT2D eigenvalue weighted by Gasteiger charge is -2.16. The third-order valence-electron chi connectivity index (χ3n) is 4.06. The predicted molar refractivity (Wildman–Crippen MR) is 86.8 cm³/mol. The Morgan fingerprint density at radius 2 is 1.87 bits per heavy atom. The lowest BCUT2D eigenvalue weighted by Crippen LogP contribution is -2.34. The molecule has 1 saturated heterocycles. The van der Waals surface area contributed by atoms with Crippen molar-refractivity contribution in [2.24, 2.45) is 0 Å². The SMILES string of the molecule is Cc1ccc(N[C@@H]2CC(=O)N(c3cccc(F)c3)C2=O)cc1C. The maximum Gasteiger partial charge on any atom is 0.256 e. The van der Waals surface area contributed by atoms with Crippen LogP contribution in [0.15, 0.2) is 42.5 Å². The van der Waals surface area contributed by atoms with Gasteiger partial charge in [0, 0.05) is 5.69 Å². The van der Waals surface area contributed by atoms with E-state index in [2.05, 4.69) is 5.32 Å². The number of rotatable bonds is 3. The molecule has 1 atom stereocenters. The number of hydrogen-bond donors (Lipinski definition) is 1. The number of hydrogen-bond acceptors (Lipinski definition) is 3. The van der Waals surface area contributed by atoms with Crippen molar-refractivity contribution < 1.29 is 14.0 Å². The zero-order chi connectivity index (χ0) is 16.6. The van der Waals surface area contributed by atoms with Crippen LogP contribution in [0.5, 0.6) is 0 Å². The summed E-state index contributed by atoms with van der Waals surface area (Å²) < 4.78 is 13.3. The number of carbonyl (C=O) groups excluding carboxylic acids is 2. The number of carbonyl (C=O) groups is 2. The first kappa shape index (κ1) is 15.2. The van der Waals surface area contributed by atoms with E-state index in [9.17, 15) is 14.0 Å². The zero-order valence-electron chi connectivity index (χ0n) is 13.0. The van der Waals surface area contributed by atoms with Crippen molar-refractivity contribution in [2.45, 2.75) is 26.3 Å². The van der Waals surface area contributed by atoms with Gasteiger partial charge >= 0.3 is 0 Å². The van der Waals surface area contributed by atoms with Crippen molar-refractivity contribution in [3.8, 4) is 0 Å². The van der Waals surface area contributed by atoms with Gasteiger partial charge in [-0.25, -0.2) is 9.29 Å². The Morgan fingerprint density at radius 1 is 1.09 bits per heavy atom. The minimum absolute atomic E-state index is 0.0578. The number of amides is 2. The van der Waals surface area contributed by atoms with Gasteiger partial charge in [0.2, 0.25) is 5.91 Å². The fourth-order valence-corrected chi connectivity index (χ4v) is 2.66. The average Bonchev–Trinajstić information content (AvgIpc) is 2.77. The minimum Gasteiger partial charge on any atom is -0.373 e. The van der Waals surface area contributed by atoms with E-state index < -0.39 is 11.9 Å². The highest BCUT2D eigenvalue weighted by Gasteiger charge is 2.39. The second-order valence-corrected chi connectivity index (χ2v) is 5.75. The van der Waals surface area contributed by atoms with Gasteiger partial charge in [-0.3, -0.25) is 9.59 Å². The molecule has 1 heterocycles. The first-order valence-corrected chi connectivity index (χ1v) is 7.42. The molecule has 118 valence electrons. The van der Waals surface area contributed by atoms with Crippen LogP contribution in [-0.2, 0) is 9.59 Å². The summed E-state index contributed by atoms with van der Waals surface area (Å²) >= 11 is 0. The quantitative estimate of drug-likeness (QED) is 0.886. The van der Waals surface area contributed by atoms with Gasteiger partial charge in [-0.2, -0.15) is 0 Å². The largest absolute Gasteiger partial charge is 0.373 e. The lowest BCUT2D eigenvalue weighted by molar-refractivity contribution is -0.121. The van der Waals surface area contributed by atoms with Gasteiger partial charge in [-0.15, -0.1) is 0 Å².